The van der Waals surface area contributed by atoms with Crippen molar-refractivity contribution in [3.05, 3.63) is 51.5 Å². The molecule has 0 unspecified atom stereocenters. The van der Waals surface area contributed by atoms with Gasteiger partial charge in [0.15, 0.2) is 5.78 Å². The first kappa shape index (κ1) is 13.8. The summed E-state index contributed by atoms with van der Waals surface area (Å²) < 4.78 is 7.13. The van der Waals surface area contributed by atoms with Gasteiger partial charge < -0.3 is 9.30 Å². The van der Waals surface area contributed by atoms with Gasteiger partial charge in [0.25, 0.3) is 5.88 Å². The number of nitrogens with zero attached hydrogens (tertiary/aromatic N) is 2. The van der Waals surface area contributed by atoms with Gasteiger partial charge in [-0.1, -0.05) is 11.6 Å². The Morgan fingerprint density at radius 1 is 1.43 bits per heavy atom. The van der Waals surface area contributed by atoms with Crippen molar-refractivity contribution in [1.82, 2.24) is 9.55 Å². The predicted molar refractivity (Wildman–Crippen MR) is 78.3 cm³/mol. The Labute approximate surface area is 126 Å². The summed E-state index contributed by atoms with van der Waals surface area (Å²) in [7, 11) is 0. The minimum atomic E-state index is -0.272. The third-order valence-electron chi connectivity index (χ3n) is 3.32. The maximum atomic E-state index is 12.2. The number of benzene rings is 1. The van der Waals surface area contributed by atoms with Gasteiger partial charge >= 0.3 is 5.56 Å². The highest BCUT2D eigenvalue weighted by molar-refractivity contribution is 6.32. The lowest BCUT2D eigenvalue weighted by Gasteiger charge is -2.09. The second-order valence-electron chi connectivity index (χ2n) is 4.98. The van der Waals surface area contributed by atoms with Gasteiger partial charge in [0, 0.05) is 24.0 Å². The van der Waals surface area contributed by atoms with E-state index in [9.17, 15) is 9.59 Å². The lowest BCUT2D eigenvalue weighted by Crippen LogP contribution is -2.20. The monoisotopic (exact) mass is 304 g/mol. The summed E-state index contributed by atoms with van der Waals surface area (Å²) >= 11 is 6.08. The van der Waals surface area contributed by atoms with Gasteiger partial charge in [-0.25, -0.2) is 4.98 Å². The van der Waals surface area contributed by atoms with Gasteiger partial charge in [-0.05, 0) is 38.0 Å². The van der Waals surface area contributed by atoms with Crippen LogP contribution in [0.3, 0.4) is 0 Å². The number of ketones is 1. The molecule has 1 fully saturated rings. The highest BCUT2D eigenvalue weighted by Crippen LogP contribution is 2.34. The zero-order valence-corrected chi connectivity index (χ0v) is 12.1. The van der Waals surface area contributed by atoms with Crippen LogP contribution in [0.4, 0.5) is 0 Å². The highest BCUT2D eigenvalue weighted by Gasteiger charge is 2.25. The van der Waals surface area contributed by atoms with E-state index in [4.69, 9.17) is 16.3 Å². The minimum absolute atomic E-state index is 0.0122. The number of ether oxygens (including phenoxy) is 1. The van der Waals surface area contributed by atoms with Crippen LogP contribution in [0, 0.1) is 0 Å². The lowest BCUT2D eigenvalue weighted by atomic mass is 10.1. The van der Waals surface area contributed by atoms with Crippen LogP contribution < -0.4 is 10.3 Å². The molecular formula is C15H13ClN2O3. The summed E-state index contributed by atoms with van der Waals surface area (Å²) in [6.07, 6.45) is 5.19. The van der Waals surface area contributed by atoms with Crippen molar-refractivity contribution in [2.45, 2.75) is 25.8 Å². The van der Waals surface area contributed by atoms with E-state index in [0.717, 1.165) is 12.8 Å². The van der Waals surface area contributed by atoms with Crippen molar-refractivity contribution in [3.63, 3.8) is 0 Å². The molecule has 21 heavy (non-hydrogen) atoms. The van der Waals surface area contributed by atoms with E-state index in [-0.39, 0.29) is 28.3 Å². The largest absolute Gasteiger partial charge is 0.433 e. The van der Waals surface area contributed by atoms with Crippen LogP contribution in [-0.2, 0) is 0 Å². The number of Topliss-reactive ketones (excluding diaryl/α,β-unsaturated/α-hetero) is 1. The number of hydrogen-bond donors (Lipinski definition) is 0. The molecule has 108 valence electrons. The van der Waals surface area contributed by atoms with Gasteiger partial charge in [0.1, 0.15) is 5.75 Å². The van der Waals surface area contributed by atoms with Crippen molar-refractivity contribution in [2.75, 3.05) is 0 Å². The Balaban J connectivity index is 1.92. The summed E-state index contributed by atoms with van der Waals surface area (Å²) in [4.78, 5) is 27.5. The molecule has 5 nitrogen and oxygen atoms in total. The molecule has 0 atom stereocenters. The molecule has 0 bridgehead atoms. The molecule has 0 radical (unpaired) electrons. The fourth-order valence-electron chi connectivity index (χ4n) is 2.02. The number of halogens is 1. The fraction of sp³-hybridized carbons (Fsp3) is 0.267. The number of carbonyl (C=O) groups is 1. The van der Waals surface area contributed by atoms with Crippen molar-refractivity contribution in [3.8, 4) is 11.6 Å². The first-order valence-electron chi connectivity index (χ1n) is 6.62. The highest BCUT2D eigenvalue weighted by atomic mass is 35.5. The summed E-state index contributed by atoms with van der Waals surface area (Å²) in [5.41, 5.74) is 0.218. The Hall–Kier alpha value is -2.14. The molecular weight excluding hydrogens is 292 g/mol. The lowest BCUT2D eigenvalue weighted by molar-refractivity contribution is 0.101. The van der Waals surface area contributed by atoms with E-state index >= 15 is 0 Å². The van der Waals surface area contributed by atoms with E-state index in [1.165, 1.54) is 19.2 Å². The molecule has 1 saturated carbocycles. The van der Waals surface area contributed by atoms with Crippen LogP contribution in [0.2, 0.25) is 5.02 Å². The van der Waals surface area contributed by atoms with Crippen molar-refractivity contribution < 1.29 is 9.53 Å². The van der Waals surface area contributed by atoms with Crippen molar-refractivity contribution in [2.24, 2.45) is 0 Å². The molecule has 0 saturated heterocycles. The smallest absolute Gasteiger partial charge is 0.313 e. The molecule has 2 aromatic rings. The second kappa shape index (κ2) is 5.33. The van der Waals surface area contributed by atoms with Crippen LogP contribution in [0.15, 0.2) is 35.4 Å². The van der Waals surface area contributed by atoms with Crippen LogP contribution in [0.5, 0.6) is 11.6 Å². The molecule has 1 aliphatic carbocycles. The molecule has 0 N–H and O–H groups in total. The zero-order chi connectivity index (χ0) is 15.0. The van der Waals surface area contributed by atoms with Crippen LogP contribution in [-0.4, -0.2) is 15.3 Å². The van der Waals surface area contributed by atoms with E-state index < -0.39 is 0 Å². The fourth-order valence-corrected chi connectivity index (χ4v) is 2.24. The third kappa shape index (κ3) is 2.83. The SMILES string of the molecule is CC(=O)c1ccc(Oc2nccn(C3CC3)c2=O)c(Cl)c1. The third-order valence-corrected chi connectivity index (χ3v) is 3.62. The Kier molecular flexibility index (Phi) is 3.51. The Morgan fingerprint density at radius 3 is 2.81 bits per heavy atom. The second-order valence-corrected chi connectivity index (χ2v) is 5.39. The number of hydrogen-bond acceptors (Lipinski definition) is 4. The van der Waals surface area contributed by atoms with Gasteiger partial charge in [-0.3, -0.25) is 9.59 Å². The van der Waals surface area contributed by atoms with Crippen LogP contribution in [0.25, 0.3) is 0 Å². The maximum absolute atomic E-state index is 12.2. The number of rotatable bonds is 4. The van der Waals surface area contributed by atoms with E-state index in [1.54, 1.807) is 22.9 Å². The van der Waals surface area contributed by atoms with Gasteiger partial charge in [0.05, 0.1) is 5.02 Å². The normalized spacial score (nSPS) is 14.0. The molecule has 0 spiro atoms. The van der Waals surface area contributed by atoms with Crippen LogP contribution >= 0.6 is 11.6 Å². The van der Waals surface area contributed by atoms with Gasteiger partial charge in [-0.15, -0.1) is 0 Å². The minimum Gasteiger partial charge on any atom is -0.433 e. The van der Waals surface area contributed by atoms with Gasteiger partial charge in [-0.2, -0.15) is 0 Å². The first-order chi connectivity index (χ1) is 10.1. The average Bonchev–Trinajstić information content (AvgIpc) is 3.27. The van der Waals surface area contributed by atoms with Gasteiger partial charge in [0.2, 0.25) is 0 Å². The number of aromatic nitrogens is 2. The molecule has 1 heterocycles. The quantitative estimate of drug-likeness (QED) is 0.814. The predicted octanol–water partition coefficient (Wildman–Crippen LogP) is 3.23. The van der Waals surface area contributed by atoms with Crippen molar-refractivity contribution in [1.29, 1.82) is 0 Å². The topological polar surface area (TPSA) is 61.2 Å². The average molecular weight is 305 g/mol. The summed E-state index contributed by atoms with van der Waals surface area (Å²) in [6, 6.07) is 4.93. The first-order valence-corrected chi connectivity index (χ1v) is 6.99. The van der Waals surface area contributed by atoms with Crippen molar-refractivity contribution >= 4 is 17.4 Å². The Morgan fingerprint density at radius 2 is 2.19 bits per heavy atom. The van der Waals surface area contributed by atoms with Crippen LogP contribution in [0.1, 0.15) is 36.2 Å². The molecule has 0 amide bonds. The van der Waals surface area contributed by atoms with E-state index in [0.29, 0.717) is 11.3 Å². The van der Waals surface area contributed by atoms with E-state index in [1.807, 2.05) is 0 Å². The van der Waals surface area contributed by atoms with E-state index in [2.05, 4.69) is 4.98 Å². The molecule has 1 aromatic heterocycles. The molecule has 0 aliphatic heterocycles. The zero-order valence-electron chi connectivity index (χ0n) is 11.4. The maximum Gasteiger partial charge on any atom is 0.313 e. The molecule has 1 aliphatic rings. The molecule has 1 aromatic carbocycles. The summed E-state index contributed by atoms with van der Waals surface area (Å²) in [5.74, 6) is 0.207. The summed E-state index contributed by atoms with van der Waals surface area (Å²) in [6.45, 7) is 1.46. The standard InChI is InChI=1S/C15H13ClN2O3/c1-9(19)10-2-5-13(12(16)8-10)21-14-15(20)18(7-6-17-14)11-3-4-11/h2,5-8,11H,3-4H2,1H3. The number of carbonyl (C=O) groups excluding carboxylic acids is 1. The molecule has 3 rings (SSSR count). The Bertz CT molecular complexity index is 766. The summed E-state index contributed by atoms with van der Waals surface area (Å²) in [5, 5.41) is 0.269. The molecule has 6 heteroatoms.